The molecule has 5 heteroatoms. The van der Waals surface area contributed by atoms with Gasteiger partial charge in [-0.2, -0.15) is 5.26 Å². The fourth-order valence-corrected chi connectivity index (χ4v) is 1.62. The third-order valence-corrected chi connectivity index (χ3v) is 2.61. The van der Waals surface area contributed by atoms with Gasteiger partial charge in [0.2, 0.25) is 0 Å². The number of nitrogens with one attached hydrogen (secondary N) is 1. The summed E-state index contributed by atoms with van der Waals surface area (Å²) in [6.07, 6.45) is 1.90. The van der Waals surface area contributed by atoms with Crippen LogP contribution in [0, 0.1) is 17.2 Å². The van der Waals surface area contributed by atoms with Gasteiger partial charge in [-0.25, -0.2) is 4.98 Å². The van der Waals surface area contributed by atoms with Gasteiger partial charge in [0, 0.05) is 13.2 Å². The van der Waals surface area contributed by atoms with E-state index in [1.807, 2.05) is 13.0 Å². The number of hydrogen-bond donors (Lipinski definition) is 2. The summed E-state index contributed by atoms with van der Waals surface area (Å²) in [4.78, 5) is 4.07. The van der Waals surface area contributed by atoms with E-state index in [1.165, 1.54) is 6.07 Å². The highest BCUT2D eigenvalue weighted by Gasteiger charge is 2.02. The average molecular weight is 254 g/mol. The maximum Gasteiger partial charge on any atom is 0.132 e. The highest BCUT2D eigenvalue weighted by molar-refractivity contribution is 6.29. The van der Waals surface area contributed by atoms with Gasteiger partial charge < -0.3 is 10.4 Å². The molecule has 17 heavy (non-hydrogen) atoms. The van der Waals surface area contributed by atoms with Crippen molar-refractivity contribution in [3.63, 3.8) is 0 Å². The topological polar surface area (TPSA) is 68.9 Å². The Balaban J connectivity index is 2.42. The lowest BCUT2D eigenvalue weighted by Gasteiger charge is -2.09. The van der Waals surface area contributed by atoms with Gasteiger partial charge in [0.25, 0.3) is 0 Å². The first-order chi connectivity index (χ1) is 8.15. The van der Waals surface area contributed by atoms with Crippen molar-refractivity contribution in [3.8, 4) is 6.07 Å². The van der Waals surface area contributed by atoms with Crippen LogP contribution in [0.15, 0.2) is 12.1 Å². The molecule has 0 aromatic carbocycles. The van der Waals surface area contributed by atoms with Crippen LogP contribution in [0.2, 0.25) is 5.15 Å². The summed E-state index contributed by atoms with van der Waals surface area (Å²) in [5.74, 6) is 0.935. The highest BCUT2D eigenvalue weighted by atomic mass is 35.5. The van der Waals surface area contributed by atoms with Gasteiger partial charge in [0.15, 0.2) is 0 Å². The van der Waals surface area contributed by atoms with E-state index in [1.54, 1.807) is 6.07 Å². The number of rotatable bonds is 6. The van der Waals surface area contributed by atoms with Crippen LogP contribution < -0.4 is 5.32 Å². The van der Waals surface area contributed by atoms with E-state index >= 15 is 0 Å². The molecule has 0 aliphatic heterocycles. The smallest absolute Gasteiger partial charge is 0.132 e. The number of nitriles is 1. The number of aliphatic hydroxyl groups is 1. The molecule has 1 rings (SSSR count). The lowest BCUT2D eigenvalue weighted by atomic mass is 10.1. The lowest BCUT2D eigenvalue weighted by molar-refractivity contribution is 0.229. The minimum absolute atomic E-state index is 0.216. The van der Waals surface area contributed by atoms with Gasteiger partial charge in [0.05, 0.1) is 11.6 Å². The van der Waals surface area contributed by atoms with Gasteiger partial charge in [-0.3, -0.25) is 0 Å². The predicted octanol–water partition coefficient (Wildman–Crippen LogP) is 2.43. The Hall–Kier alpha value is -1.31. The predicted molar refractivity (Wildman–Crippen MR) is 67.9 cm³/mol. The molecular formula is C12H16ClN3O. The second-order valence-corrected chi connectivity index (χ2v) is 4.42. The number of pyridine rings is 1. The summed E-state index contributed by atoms with van der Waals surface area (Å²) in [5, 5.41) is 21.1. The molecule has 92 valence electrons. The number of anilines is 1. The van der Waals surface area contributed by atoms with E-state index in [9.17, 15) is 0 Å². The molecule has 0 fully saturated rings. The van der Waals surface area contributed by atoms with Gasteiger partial charge in [-0.15, -0.1) is 0 Å². The summed E-state index contributed by atoms with van der Waals surface area (Å²) in [7, 11) is 0. The minimum atomic E-state index is 0.216. The van der Waals surface area contributed by atoms with Crippen LogP contribution in [-0.2, 0) is 0 Å². The number of aromatic nitrogens is 1. The van der Waals surface area contributed by atoms with E-state index in [4.69, 9.17) is 22.0 Å². The Morgan fingerprint density at radius 2 is 2.35 bits per heavy atom. The third kappa shape index (κ3) is 5.03. The van der Waals surface area contributed by atoms with Crippen molar-refractivity contribution >= 4 is 17.4 Å². The van der Waals surface area contributed by atoms with Crippen LogP contribution in [0.5, 0.6) is 0 Å². The molecule has 2 N–H and O–H groups in total. The van der Waals surface area contributed by atoms with Crippen LogP contribution >= 0.6 is 11.6 Å². The van der Waals surface area contributed by atoms with Crippen LogP contribution in [0.25, 0.3) is 0 Å². The molecule has 0 bridgehead atoms. The first-order valence-corrected chi connectivity index (χ1v) is 5.96. The molecule has 1 unspecified atom stereocenters. The second-order valence-electron chi connectivity index (χ2n) is 4.03. The molecule has 0 saturated carbocycles. The Labute approximate surface area is 106 Å². The molecule has 1 heterocycles. The molecule has 0 spiro atoms. The molecule has 0 aliphatic carbocycles. The quantitative estimate of drug-likeness (QED) is 0.604. The molecule has 1 atom stereocenters. The van der Waals surface area contributed by atoms with E-state index in [0.29, 0.717) is 22.5 Å². The molecule has 0 aliphatic rings. The first-order valence-electron chi connectivity index (χ1n) is 5.58. The fraction of sp³-hybridized carbons (Fsp3) is 0.500. The third-order valence-electron chi connectivity index (χ3n) is 2.41. The number of nitrogens with zero attached hydrogens (tertiary/aromatic N) is 2. The Bertz CT molecular complexity index is 403. The number of hydrogen-bond acceptors (Lipinski definition) is 4. The summed E-state index contributed by atoms with van der Waals surface area (Å²) in [6, 6.07) is 5.22. The zero-order valence-corrected chi connectivity index (χ0v) is 10.5. The van der Waals surface area contributed by atoms with Crippen molar-refractivity contribution in [2.24, 2.45) is 5.92 Å². The lowest BCUT2D eigenvalue weighted by Crippen LogP contribution is -2.07. The van der Waals surface area contributed by atoms with E-state index in [0.717, 1.165) is 19.4 Å². The Kier molecular flexibility index (Phi) is 5.75. The summed E-state index contributed by atoms with van der Waals surface area (Å²) in [6.45, 7) is 2.97. The summed E-state index contributed by atoms with van der Waals surface area (Å²) < 4.78 is 0. The largest absolute Gasteiger partial charge is 0.396 e. The highest BCUT2D eigenvalue weighted by Crippen LogP contribution is 2.14. The standard InChI is InChI=1S/C12H16ClN3O/c1-9(8-17)3-2-4-15-12-6-10(7-14)5-11(13)16-12/h5-6,9,17H,2-4,8H2,1H3,(H,15,16). The number of aliphatic hydroxyl groups excluding tert-OH is 1. The fourth-order valence-electron chi connectivity index (χ4n) is 1.41. The molecule has 1 aromatic rings. The van der Waals surface area contributed by atoms with Gasteiger partial charge in [0.1, 0.15) is 11.0 Å². The van der Waals surface area contributed by atoms with E-state index < -0.39 is 0 Å². The average Bonchev–Trinajstić information content (AvgIpc) is 2.33. The van der Waals surface area contributed by atoms with Crippen molar-refractivity contribution in [2.45, 2.75) is 19.8 Å². The first kappa shape index (κ1) is 13.8. The van der Waals surface area contributed by atoms with Crippen molar-refractivity contribution in [1.29, 1.82) is 5.26 Å². The molecule has 0 saturated heterocycles. The molecular weight excluding hydrogens is 238 g/mol. The Morgan fingerprint density at radius 3 is 3.00 bits per heavy atom. The summed E-state index contributed by atoms with van der Waals surface area (Å²) in [5.41, 5.74) is 0.497. The van der Waals surface area contributed by atoms with Crippen LogP contribution in [-0.4, -0.2) is 23.2 Å². The van der Waals surface area contributed by atoms with Gasteiger partial charge in [-0.05, 0) is 30.9 Å². The minimum Gasteiger partial charge on any atom is -0.396 e. The SMILES string of the molecule is CC(CO)CCCNc1cc(C#N)cc(Cl)n1. The normalized spacial score (nSPS) is 11.9. The van der Waals surface area contributed by atoms with Crippen molar-refractivity contribution in [1.82, 2.24) is 4.98 Å². The monoisotopic (exact) mass is 253 g/mol. The van der Waals surface area contributed by atoms with Crippen molar-refractivity contribution in [3.05, 3.63) is 22.8 Å². The molecule has 1 aromatic heterocycles. The Morgan fingerprint density at radius 1 is 1.59 bits per heavy atom. The maximum absolute atomic E-state index is 8.87. The molecule has 4 nitrogen and oxygen atoms in total. The molecule has 0 amide bonds. The van der Waals surface area contributed by atoms with Crippen LogP contribution in [0.4, 0.5) is 5.82 Å². The molecule has 0 radical (unpaired) electrons. The van der Waals surface area contributed by atoms with Gasteiger partial charge in [-0.1, -0.05) is 18.5 Å². The van der Waals surface area contributed by atoms with Crippen LogP contribution in [0.1, 0.15) is 25.3 Å². The van der Waals surface area contributed by atoms with E-state index in [2.05, 4.69) is 10.3 Å². The van der Waals surface area contributed by atoms with Crippen LogP contribution in [0.3, 0.4) is 0 Å². The maximum atomic E-state index is 8.87. The van der Waals surface area contributed by atoms with E-state index in [-0.39, 0.29) is 6.61 Å². The summed E-state index contributed by atoms with van der Waals surface area (Å²) >= 11 is 5.78. The van der Waals surface area contributed by atoms with Crippen molar-refractivity contribution < 1.29 is 5.11 Å². The zero-order chi connectivity index (χ0) is 12.7. The van der Waals surface area contributed by atoms with Gasteiger partial charge >= 0.3 is 0 Å². The number of halogens is 1. The van der Waals surface area contributed by atoms with Crippen molar-refractivity contribution in [2.75, 3.05) is 18.5 Å². The second kappa shape index (κ2) is 7.10. The zero-order valence-electron chi connectivity index (χ0n) is 9.78.